The summed E-state index contributed by atoms with van der Waals surface area (Å²) in [4.78, 5) is 24.8. The molecule has 3 rings (SSSR count). The van der Waals surface area contributed by atoms with E-state index < -0.39 is 6.10 Å². The van der Waals surface area contributed by atoms with Crippen molar-refractivity contribution in [2.24, 2.45) is 0 Å². The topological polar surface area (TPSA) is 67.4 Å². The Kier molecular flexibility index (Phi) is 7.68. The second kappa shape index (κ2) is 10.6. The fourth-order valence-corrected chi connectivity index (χ4v) is 3.14. The molecule has 0 aromatic heterocycles. The number of ether oxygens (including phenoxy) is 1. The molecule has 1 unspecified atom stereocenters. The van der Waals surface area contributed by atoms with E-state index in [2.05, 4.69) is 10.6 Å². The van der Waals surface area contributed by atoms with Crippen molar-refractivity contribution in [3.8, 4) is 5.75 Å². The average Bonchev–Trinajstić information content (AvgIpc) is 2.77. The van der Waals surface area contributed by atoms with Gasteiger partial charge in [0.1, 0.15) is 5.75 Å². The summed E-state index contributed by atoms with van der Waals surface area (Å²) >= 11 is 6.00. The Morgan fingerprint density at radius 1 is 1.00 bits per heavy atom. The molecule has 0 aliphatic heterocycles. The quantitative estimate of drug-likeness (QED) is 0.520. The number of nitrogens with one attached hydrogen (secondary N) is 2. The van der Waals surface area contributed by atoms with Crippen LogP contribution in [-0.4, -0.2) is 24.5 Å². The summed E-state index contributed by atoms with van der Waals surface area (Å²) in [5, 5.41) is 6.28. The van der Waals surface area contributed by atoms with E-state index in [1.165, 1.54) is 5.56 Å². The Labute approximate surface area is 187 Å². The maximum absolute atomic E-state index is 12.4. The average molecular weight is 437 g/mol. The highest BCUT2D eigenvalue weighted by atomic mass is 35.5. The maximum Gasteiger partial charge on any atom is 0.265 e. The minimum Gasteiger partial charge on any atom is -0.481 e. The second-order valence-electron chi connectivity index (χ2n) is 7.22. The van der Waals surface area contributed by atoms with Gasteiger partial charge in [0.05, 0.1) is 0 Å². The third kappa shape index (κ3) is 6.59. The van der Waals surface area contributed by atoms with Crippen molar-refractivity contribution in [2.75, 3.05) is 11.9 Å². The molecule has 5 nitrogen and oxygen atoms in total. The van der Waals surface area contributed by atoms with Crippen LogP contribution in [0, 0.1) is 6.92 Å². The molecule has 0 aliphatic carbocycles. The van der Waals surface area contributed by atoms with E-state index in [1.54, 1.807) is 43.3 Å². The lowest BCUT2D eigenvalue weighted by Crippen LogP contribution is -2.30. The number of benzene rings is 3. The van der Waals surface area contributed by atoms with E-state index in [4.69, 9.17) is 16.3 Å². The summed E-state index contributed by atoms with van der Waals surface area (Å²) in [5.74, 6) is 0.0732. The Balaban J connectivity index is 1.50. The molecule has 160 valence electrons. The summed E-state index contributed by atoms with van der Waals surface area (Å²) in [6.45, 7) is 4.11. The van der Waals surface area contributed by atoms with Gasteiger partial charge in [0.15, 0.2) is 6.10 Å². The molecule has 0 radical (unpaired) electrons. The van der Waals surface area contributed by atoms with Gasteiger partial charge in [-0.05, 0) is 67.8 Å². The third-order valence-corrected chi connectivity index (χ3v) is 5.03. The molecule has 1 atom stereocenters. The maximum atomic E-state index is 12.4. The molecule has 6 heteroatoms. The SMILES string of the molecule is Cc1ccc(Cl)cc1NC(=O)C(C)Oc1ccc(C(=O)NCCc2ccccc2)cc1. The van der Waals surface area contributed by atoms with Gasteiger partial charge in [-0.25, -0.2) is 0 Å². The van der Waals surface area contributed by atoms with Crippen molar-refractivity contribution >= 4 is 29.1 Å². The normalized spacial score (nSPS) is 11.5. The van der Waals surface area contributed by atoms with Crippen molar-refractivity contribution in [1.29, 1.82) is 0 Å². The predicted octanol–water partition coefficient (Wildman–Crippen LogP) is 5.03. The number of carbonyl (C=O) groups is 2. The summed E-state index contributed by atoms with van der Waals surface area (Å²) < 4.78 is 5.72. The lowest BCUT2D eigenvalue weighted by atomic mass is 10.1. The molecule has 0 saturated carbocycles. The third-order valence-electron chi connectivity index (χ3n) is 4.80. The first-order chi connectivity index (χ1) is 14.9. The van der Waals surface area contributed by atoms with Gasteiger partial charge in [-0.2, -0.15) is 0 Å². The molecule has 0 aliphatic rings. The second-order valence-corrected chi connectivity index (χ2v) is 7.66. The highest BCUT2D eigenvalue weighted by Gasteiger charge is 2.16. The van der Waals surface area contributed by atoms with Gasteiger partial charge in [-0.3, -0.25) is 9.59 Å². The molecule has 2 N–H and O–H groups in total. The molecule has 2 amide bonds. The smallest absolute Gasteiger partial charge is 0.265 e. The Bertz CT molecular complexity index is 1040. The molecule has 0 fully saturated rings. The number of hydrogen-bond acceptors (Lipinski definition) is 3. The van der Waals surface area contributed by atoms with Crippen LogP contribution in [0.15, 0.2) is 72.8 Å². The number of rotatable bonds is 8. The molecule has 3 aromatic rings. The van der Waals surface area contributed by atoms with Crippen LogP contribution in [0.5, 0.6) is 5.75 Å². The Morgan fingerprint density at radius 2 is 1.71 bits per heavy atom. The molecule has 0 spiro atoms. The first-order valence-electron chi connectivity index (χ1n) is 10.1. The largest absolute Gasteiger partial charge is 0.481 e. The minimum absolute atomic E-state index is 0.148. The zero-order valence-electron chi connectivity index (χ0n) is 17.5. The Hall–Kier alpha value is -3.31. The van der Waals surface area contributed by atoms with Crippen molar-refractivity contribution in [1.82, 2.24) is 5.32 Å². The summed E-state index contributed by atoms with van der Waals surface area (Å²) in [6, 6.07) is 22.0. The number of amides is 2. The Morgan fingerprint density at radius 3 is 2.42 bits per heavy atom. The highest BCUT2D eigenvalue weighted by Crippen LogP contribution is 2.21. The fraction of sp³-hybridized carbons (Fsp3) is 0.200. The van der Waals surface area contributed by atoms with Crippen LogP contribution in [0.4, 0.5) is 5.69 Å². The van der Waals surface area contributed by atoms with Crippen molar-refractivity contribution in [3.63, 3.8) is 0 Å². The monoisotopic (exact) mass is 436 g/mol. The summed E-state index contributed by atoms with van der Waals surface area (Å²) in [6.07, 6.45) is 0.0518. The van der Waals surface area contributed by atoms with E-state index in [1.807, 2.05) is 43.3 Å². The lowest BCUT2D eigenvalue weighted by molar-refractivity contribution is -0.122. The molecule has 0 bridgehead atoms. The van der Waals surface area contributed by atoms with Gasteiger partial charge in [-0.15, -0.1) is 0 Å². The van der Waals surface area contributed by atoms with Crippen LogP contribution in [0.1, 0.15) is 28.4 Å². The van der Waals surface area contributed by atoms with Gasteiger partial charge in [0.2, 0.25) is 0 Å². The zero-order valence-corrected chi connectivity index (χ0v) is 18.3. The van der Waals surface area contributed by atoms with Crippen molar-refractivity contribution < 1.29 is 14.3 Å². The zero-order chi connectivity index (χ0) is 22.2. The predicted molar refractivity (Wildman–Crippen MR) is 124 cm³/mol. The lowest BCUT2D eigenvalue weighted by Gasteiger charge is -2.16. The number of anilines is 1. The van der Waals surface area contributed by atoms with Crippen molar-refractivity contribution in [2.45, 2.75) is 26.4 Å². The minimum atomic E-state index is -0.719. The van der Waals surface area contributed by atoms with Crippen LogP contribution < -0.4 is 15.4 Å². The van der Waals surface area contributed by atoms with Crippen LogP contribution >= 0.6 is 11.6 Å². The van der Waals surface area contributed by atoms with E-state index in [0.717, 1.165) is 12.0 Å². The summed E-state index contributed by atoms with van der Waals surface area (Å²) in [7, 11) is 0. The van der Waals surface area contributed by atoms with E-state index in [9.17, 15) is 9.59 Å². The fourth-order valence-electron chi connectivity index (χ4n) is 2.97. The van der Waals surface area contributed by atoms with Gasteiger partial charge < -0.3 is 15.4 Å². The first kappa shape index (κ1) is 22.4. The van der Waals surface area contributed by atoms with Crippen LogP contribution in [-0.2, 0) is 11.2 Å². The van der Waals surface area contributed by atoms with Crippen LogP contribution in [0.2, 0.25) is 5.02 Å². The van der Waals surface area contributed by atoms with Gasteiger partial charge in [-0.1, -0.05) is 48.0 Å². The number of hydrogen-bond donors (Lipinski definition) is 2. The molecule has 31 heavy (non-hydrogen) atoms. The molecule has 0 heterocycles. The van der Waals surface area contributed by atoms with Crippen LogP contribution in [0.25, 0.3) is 0 Å². The number of carbonyl (C=O) groups excluding carboxylic acids is 2. The number of aryl methyl sites for hydroxylation is 1. The number of halogens is 1. The van der Waals surface area contributed by atoms with Gasteiger partial charge >= 0.3 is 0 Å². The molecular formula is C25H25ClN2O3. The first-order valence-corrected chi connectivity index (χ1v) is 10.5. The molecular weight excluding hydrogens is 412 g/mol. The van der Waals surface area contributed by atoms with Crippen molar-refractivity contribution in [3.05, 3.63) is 94.5 Å². The summed E-state index contributed by atoms with van der Waals surface area (Å²) in [5.41, 5.74) is 3.27. The standard InChI is InChI=1S/C25H25ClN2O3/c1-17-8-11-21(26)16-23(17)28-24(29)18(2)31-22-12-9-20(10-13-22)25(30)27-15-14-19-6-4-3-5-7-19/h3-13,16,18H,14-15H2,1-2H3,(H,27,30)(H,28,29). The highest BCUT2D eigenvalue weighted by molar-refractivity contribution is 6.31. The molecule has 3 aromatic carbocycles. The van der Waals surface area contributed by atoms with Crippen LogP contribution in [0.3, 0.4) is 0 Å². The van der Waals surface area contributed by atoms with Gasteiger partial charge in [0.25, 0.3) is 11.8 Å². The van der Waals surface area contributed by atoms with E-state index >= 15 is 0 Å². The van der Waals surface area contributed by atoms with E-state index in [-0.39, 0.29) is 11.8 Å². The molecule has 0 saturated heterocycles. The van der Waals surface area contributed by atoms with E-state index in [0.29, 0.717) is 28.6 Å². The van der Waals surface area contributed by atoms with Gasteiger partial charge in [0, 0.05) is 22.8 Å².